The van der Waals surface area contributed by atoms with Gasteiger partial charge in [0.15, 0.2) is 0 Å². The third kappa shape index (κ3) is 2.91. The molecule has 0 saturated carbocycles. The summed E-state index contributed by atoms with van der Waals surface area (Å²) < 4.78 is 0. The highest BCUT2D eigenvalue weighted by molar-refractivity contribution is 6.32. The number of hydrogen-bond acceptors (Lipinski definition) is 3. The zero-order valence-electron chi connectivity index (χ0n) is 7.63. The van der Waals surface area contributed by atoms with Crippen molar-refractivity contribution < 1.29 is 5.11 Å². The Bertz CT molecular complexity index is 346. The monoisotopic (exact) mass is 210 g/mol. The first-order valence-electron chi connectivity index (χ1n) is 4.32. The summed E-state index contributed by atoms with van der Waals surface area (Å²) in [6, 6.07) is 7.16. The summed E-state index contributed by atoms with van der Waals surface area (Å²) in [7, 11) is 0. The Labute approximate surface area is 87.9 Å². The number of halogens is 1. The highest BCUT2D eigenvalue weighted by Gasteiger charge is 1.99. The lowest BCUT2D eigenvalue weighted by atomic mass is 10.2. The highest BCUT2D eigenvalue weighted by atomic mass is 35.5. The molecule has 4 heteroatoms. The van der Waals surface area contributed by atoms with E-state index in [2.05, 4.69) is 5.32 Å². The molecule has 1 aromatic rings. The molecule has 0 aromatic heterocycles. The quantitative estimate of drug-likeness (QED) is 0.748. The third-order valence-electron chi connectivity index (χ3n) is 1.75. The summed E-state index contributed by atoms with van der Waals surface area (Å²) in [5.41, 5.74) is 1.34. The van der Waals surface area contributed by atoms with Crippen LogP contribution in [-0.2, 0) is 0 Å². The van der Waals surface area contributed by atoms with Crippen molar-refractivity contribution in [1.82, 2.24) is 0 Å². The second kappa shape index (κ2) is 5.48. The summed E-state index contributed by atoms with van der Waals surface area (Å²) in [5.74, 6) is 0. The van der Waals surface area contributed by atoms with Crippen LogP contribution >= 0.6 is 11.6 Å². The first-order chi connectivity index (χ1) is 6.77. The van der Waals surface area contributed by atoms with Crippen molar-refractivity contribution in [1.29, 1.82) is 5.26 Å². The molecule has 74 valence electrons. The van der Waals surface area contributed by atoms with Gasteiger partial charge in [0, 0.05) is 18.8 Å². The number of nitrogens with zero attached hydrogens (tertiary/aromatic N) is 1. The van der Waals surface area contributed by atoms with Crippen molar-refractivity contribution in [2.24, 2.45) is 0 Å². The summed E-state index contributed by atoms with van der Waals surface area (Å²) in [6.07, 6.45) is 0.692. The van der Waals surface area contributed by atoms with Gasteiger partial charge in [-0.15, -0.1) is 0 Å². The molecule has 0 aliphatic rings. The number of nitriles is 1. The zero-order chi connectivity index (χ0) is 10.4. The van der Waals surface area contributed by atoms with E-state index in [4.69, 9.17) is 22.0 Å². The van der Waals surface area contributed by atoms with Crippen LogP contribution in [0.15, 0.2) is 18.2 Å². The molecule has 0 radical (unpaired) electrons. The summed E-state index contributed by atoms with van der Waals surface area (Å²) >= 11 is 5.83. The number of benzene rings is 1. The largest absolute Gasteiger partial charge is 0.396 e. The smallest absolute Gasteiger partial charge is 0.101 e. The first-order valence-corrected chi connectivity index (χ1v) is 4.70. The van der Waals surface area contributed by atoms with Crippen molar-refractivity contribution >= 4 is 17.3 Å². The van der Waals surface area contributed by atoms with Crippen LogP contribution in [0.25, 0.3) is 0 Å². The van der Waals surface area contributed by atoms with Gasteiger partial charge in [-0.05, 0) is 24.6 Å². The number of nitrogens with one attached hydrogen (secondary N) is 1. The van der Waals surface area contributed by atoms with Crippen molar-refractivity contribution in [2.75, 3.05) is 18.5 Å². The number of hydrogen-bond donors (Lipinski definition) is 2. The predicted octanol–water partition coefficient (Wildman–Crippen LogP) is 2.01. The molecule has 0 bridgehead atoms. The van der Waals surface area contributed by atoms with E-state index in [0.29, 0.717) is 23.6 Å². The molecule has 0 heterocycles. The molecule has 3 nitrogen and oxygen atoms in total. The first kappa shape index (κ1) is 10.8. The van der Waals surface area contributed by atoms with Crippen LogP contribution in [0.4, 0.5) is 5.69 Å². The molecule has 0 fully saturated rings. The van der Waals surface area contributed by atoms with Crippen LogP contribution in [0.1, 0.15) is 12.0 Å². The number of rotatable bonds is 4. The molecule has 0 unspecified atom stereocenters. The van der Waals surface area contributed by atoms with E-state index in [1.807, 2.05) is 6.07 Å². The Hall–Kier alpha value is -1.24. The zero-order valence-corrected chi connectivity index (χ0v) is 8.38. The molecule has 1 aromatic carbocycles. The van der Waals surface area contributed by atoms with Crippen molar-refractivity contribution in [2.45, 2.75) is 6.42 Å². The molecule has 1 rings (SSSR count). The minimum Gasteiger partial charge on any atom is -0.396 e. The average molecular weight is 211 g/mol. The van der Waals surface area contributed by atoms with Gasteiger partial charge in [0.05, 0.1) is 10.6 Å². The normalized spacial score (nSPS) is 9.50. The average Bonchev–Trinajstić information content (AvgIpc) is 2.18. The minimum atomic E-state index is 0.164. The van der Waals surface area contributed by atoms with Crippen molar-refractivity contribution in [3.63, 3.8) is 0 Å². The molecule has 0 aliphatic heterocycles. The summed E-state index contributed by atoms with van der Waals surface area (Å²) in [6.45, 7) is 0.857. The van der Waals surface area contributed by atoms with Crippen LogP contribution in [0.2, 0.25) is 5.02 Å². The lowest BCUT2D eigenvalue weighted by Gasteiger charge is -2.05. The van der Waals surface area contributed by atoms with Gasteiger partial charge in [-0.1, -0.05) is 11.6 Å². The molecular formula is C10H11ClN2O. The predicted molar refractivity (Wildman–Crippen MR) is 56.4 cm³/mol. The van der Waals surface area contributed by atoms with Gasteiger partial charge in [0.1, 0.15) is 6.07 Å². The molecular weight excluding hydrogens is 200 g/mol. The van der Waals surface area contributed by atoms with E-state index in [9.17, 15) is 0 Å². The maximum Gasteiger partial charge on any atom is 0.101 e. The van der Waals surface area contributed by atoms with Crippen LogP contribution in [0.3, 0.4) is 0 Å². The van der Waals surface area contributed by atoms with E-state index >= 15 is 0 Å². The Balaban J connectivity index is 2.63. The molecule has 2 N–H and O–H groups in total. The van der Waals surface area contributed by atoms with E-state index in [-0.39, 0.29) is 6.61 Å². The van der Waals surface area contributed by atoms with E-state index in [0.717, 1.165) is 5.69 Å². The van der Waals surface area contributed by atoms with Gasteiger partial charge in [-0.2, -0.15) is 5.26 Å². The standard InChI is InChI=1S/C10H11ClN2O/c11-10-6-9(13-4-1-5-14)3-2-8(10)7-12/h2-3,6,13-14H,1,4-5H2. The van der Waals surface area contributed by atoms with Crippen LogP contribution in [-0.4, -0.2) is 18.3 Å². The second-order valence-corrected chi connectivity index (χ2v) is 3.22. The number of aliphatic hydroxyl groups excluding tert-OH is 1. The number of aliphatic hydroxyl groups is 1. The molecule has 0 aliphatic carbocycles. The van der Waals surface area contributed by atoms with Gasteiger partial charge in [-0.3, -0.25) is 0 Å². The van der Waals surface area contributed by atoms with E-state index in [1.165, 1.54) is 0 Å². The minimum absolute atomic E-state index is 0.164. The topological polar surface area (TPSA) is 56.0 Å². The van der Waals surface area contributed by atoms with Gasteiger partial charge in [0.25, 0.3) is 0 Å². The molecule has 14 heavy (non-hydrogen) atoms. The highest BCUT2D eigenvalue weighted by Crippen LogP contribution is 2.19. The van der Waals surface area contributed by atoms with Gasteiger partial charge in [-0.25, -0.2) is 0 Å². The second-order valence-electron chi connectivity index (χ2n) is 2.81. The van der Waals surface area contributed by atoms with E-state index < -0.39 is 0 Å². The molecule has 0 amide bonds. The molecule has 0 spiro atoms. The van der Waals surface area contributed by atoms with Crippen LogP contribution in [0, 0.1) is 11.3 Å². The molecule has 0 atom stereocenters. The maximum absolute atomic E-state index is 8.64. The Morgan fingerprint density at radius 2 is 2.29 bits per heavy atom. The molecule has 0 saturated heterocycles. The SMILES string of the molecule is N#Cc1ccc(NCCCO)cc1Cl. The van der Waals surface area contributed by atoms with Crippen LogP contribution < -0.4 is 5.32 Å². The Morgan fingerprint density at radius 1 is 1.50 bits per heavy atom. The van der Waals surface area contributed by atoms with Gasteiger partial charge >= 0.3 is 0 Å². The fourth-order valence-corrected chi connectivity index (χ4v) is 1.25. The van der Waals surface area contributed by atoms with Crippen molar-refractivity contribution in [3.8, 4) is 6.07 Å². The number of anilines is 1. The lowest BCUT2D eigenvalue weighted by molar-refractivity contribution is 0.292. The third-order valence-corrected chi connectivity index (χ3v) is 2.07. The summed E-state index contributed by atoms with van der Waals surface area (Å²) in [4.78, 5) is 0. The summed E-state index contributed by atoms with van der Waals surface area (Å²) in [5, 5.41) is 20.7. The van der Waals surface area contributed by atoms with Gasteiger partial charge < -0.3 is 10.4 Å². The maximum atomic E-state index is 8.64. The Morgan fingerprint density at radius 3 is 2.86 bits per heavy atom. The Kier molecular flexibility index (Phi) is 4.24. The lowest BCUT2D eigenvalue weighted by Crippen LogP contribution is -2.03. The fraction of sp³-hybridized carbons (Fsp3) is 0.300. The van der Waals surface area contributed by atoms with Gasteiger partial charge in [0.2, 0.25) is 0 Å². The van der Waals surface area contributed by atoms with Crippen molar-refractivity contribution in [3.05, 3.63) is 28.8 Å². The van der Waals surface area contributed by atoms with E-state index in [1.54, 1.807) is 18.2 Å². The van der Waals surface area contributed by atoms with Crippen LogP contribution in [0.5, 0.6) is 0 Å². The fourth-order valence-electron chi connectivity index (χ4n) is 1.03.